The molecule has 1 heterocycles. The Labute approximate surface area is 339 Å². The number of aliphatic hydroxyl groups excluding tert-OH is 1. The Balaban J connectivity index is 0.957. The van der Waals surface area contributed by atoms with Crippen LogP contribution in [0.25, 0.3) is 0 Å². The number of hydrogen-bond acceptors (Lipinski definition) is 14. The third-order valence-electron chi connectivity index (χ3n) is 10.0. The lowest BCUT2D eigenvalue weighted by molar-refractivity contribution is -0.144. The summed E-state index contributed by atoms with van der Waals surface area (Å²) >= 11 is 0. The van der Waals surface area contributed by atoms with Crippen molar-refractivity contribution in [2.75, 3.05) is 38.6 Å². The van der Waals surface area contributed by atoms with Gasteiger partial charge in [-0.3, -0.25) is 48.1 Å². The number of aromatic hydroxyl groups is 2. The van der Waals surface area contributed by atoms with Gasteiger partial charge in [-0.1, -0.05) is 24.3 Å². The van der Waals surface area contributed by atoms with E-state index in [0.29, 0.717) is 11.3 Å². The number of fused-ring (bicyclic) bond motifs is 3. The zero-order valence-corrected chi connectivity index (χ0v) is 31.7. The zero-order chi connectivity index (χ0) is 43.5. The molecule has 0 radical (unpaired) electrons. The van der Waals surface area contributed by atoms with E-state index in [0.717, 1.165) is 17.1 Å². The minimum atomic E-state index is -2.32. The van der Waals surface area contributed by atoms with Crippen LogP contribution in [-0.2, 0) is 46.5 Å². The number of ether oxygens (including phenoxy) is 1. The highest BCUT2D eigenvalue weighted by atomic mass is 16.5. The van der Waals surface area contributed by atoms with Gasteiger partial charge in [-0.15, -0.1) is 0 Å². The Bertz CT molecular complexity index is 2380. The van der Waals surface area contributed by atoms with Crippen LogP contribution in [0.2, 0.25) is 0 Å². The molecule has 0 spiro atoms. The van der Waals surface area contributed by atoms with Gasteiger partial charge >= 0.3 is 0 Å². The van der Waals surface area contributed by atoms with Gasteiger partial charge in [0.25, 0.3) is 17.7 Å². The third kappa shape index (κ3) is 8.54. The highest BCUT2D eigenvalue weighted by molar-refractivity contribution is 6.31. The van der Waals surface area contributed by atoms with Crippen molar-refractivity contribution in [2.45, 2.75) is 37.5 Å². The molecule has 20 heteroatoms. The van der Waals surface area contributed by atoms with Gasteiger partial charge in [-0.2, -0.15) is 0 Å². The van der Waals surface area contributed by atoms with E-state index >= 15 is 0 Å². The number of imide groups is 1. The summed E-state index contributed by atoms with van der Waals surface area (Å²) in [5.41, 5.74) is -3.32. The van der Waals surface area contributed by atoms with E-state index in [1.165, 1.54) is 37.4 Å². The Hall–Kier alpha value is -7.45. The molecule has 1 aliphatic heterocycles. The van der Waals surface area contributed by atoms with Crippen LogP contribution in [0.15, 0.2) is 54.6 Å². The molecule has 0 aromatic heterocycles. The first-order valence-corrected chi connectivity index (χ1v) is 18.3. The molecule has 3 aromatic rings. The summed E-state index contributed by atoms with van der Waals surface area (Å²) in [4.78, 5) is 113. The van der Waals surface area contributed by atoms with E-state index in [2.05, 4.69) is 26.6 Å². The first-order chi connectivity index (χ1) is 28.5. The molecule has 3 aromatic carbocycles. The maximum absolute atomic E-state index is 13.5. The minimum Gasteiger partial charge on any atom is -0.507 e. The van der Waals surface area contributed by atoms with Gasteiger partial charge in [0.1, 0.15) is 22.8 Å². The van der Waals surface area contributed by atoms with Crippen LogP contribution in [0.3, 0.4) is 0 Å². The van der Waals surface area contributed by atoms with E-state index in [-0.39, 0.29) is 47.5 Å². The van der Waals surface area contributed by atoms with Gasteiger partial charge in [0.15, 0.2) is 5.78 Å². The lowest BCUT2D eigenvalue weighted by atomic mass is 9.72. The first-order valence-electron chi connectivity index (χ1n) is 18.3. The molecule has 3 aliphatic rings. The summed E-state index contributed by atoms with van der Waals surface area (Å²) in [5.74, 6) is -7.72. The molecule has 2 atom stereocenters. The van der Waals surface area contributed by atoms with Crippen LogP contribution in [0, 0.1) is 0 Å². The molecule has 20 nitrogen and oxygen atoms in total. The normalized spacial score (nSPS) is 17.6. The molecule has 312 valence electrons. The van der Waals surface area contributed by atoms with Crippen LogP contribution in [0.4, 0.5) is 5.69 Å². The molecule has 0 saturated heterocycles. The quantitative estimate of drug-likeness (QED) is 0.0517. The number of phenolic OH excluding ortho intramolecular Hbond substituents is 2. The van der Waals surface area contributed by atoms with Gasteiger partial charge in [-0.05, 0) is 23.8 Å². The van der Waals surface area contributed by atoms with Crippen molar-refractivity contribution >= 4 is 58.6 Å². The summed E-state index contributed by atoms with van der Waals surface area (Å²) in [7, 11) is 1.30. The number of benzene rings is 3. The highest BCUT2D eigenvalue weighted by Crippen LogP contribution is 2.51. The Morgan fingerprint density at radius 1 is 0.767 bits per heavy atom. The molecule has 7 amide bonds. The second kappa shape index (κ2) is 17.2. The number of carbonyl (C=O) groups excluding carboxylic acids is 9. The summed E-state index contributed by atoms with van der Waals surface area (Å²) in [6, 6.07) is 10.4. The SMILES string of the molecule is COc1cccc2c1C(=O)c1c(O)c3c(c(O)c1C2=O)C[C@@](O)(C(=O)NCc1ccc(NC(=O)CNC(=O)CNC(=O)CNC(=O)CCN2C(=O)C=CC2=O)cc1)C[C@@H]3O. The summed E-state index contributed by atoms with van der Waals surface area (Å²) in [6.45, 7) is -1.71. The molecular formula is C40H38N6O14. The predicted molar refractivity (Wildman–Crippen MR) is 204 cm³/mol. The number of nitrogens with one attached hydrogen (secondary N) is 5. The van der Waals surface area contributed by atoms with Crippen molar-refractivity contribution in [1.82, 2.24) is 26.2 Å². The Kier molecular flexibility index (Phi) is 12.1. The van der Waals surface area contributed by atoms with Gasteiger partial charge in [-0.25, -0.2) is 0 Å². The predicted octanol–water partition coefficient (Wildman–Crippen LogP) is -1.49. The fourth-order valence-corrected chi connectivity index (χ4v) is 6.99. The smallest absolute Gasteiger partial charge is 0.253 e. The van der Waals surface area contributed by atoms with E-state index < -0.39 is 120 Å². The van der Waals surface area contributed by atoms with E-state index in [1.807, 2.05) is 0 Å². The number of hydrogen-bond donors (Lipinski definition) is 9. The van der Waals surface area contributed by atoms with Gasteiger partial charge < -0.3 is 51.7 Å². The molecule has 0 bridgehead atoms. The average molecular weight is 827 g/mol. The van der Waals surface area contributed by atoms with Crippen LogP contribution in [-0.4, -0.2) is 117 Å². The fourth-order valence-electron chi connectivity index (χ4n) is 6.99. The first kappa shape index (κ1) is 42.2. The van der Waals surface area contributed by atoms with Crippen molar-refractivity contribution in [3.8, 4) is 17.2 Å². The molecule has 0 saturated carbocycles. The van der Waals surface area contributed by atoms with Crippen LogP contribution >= 0.6 is 0 Å². The Morgan fingerprint density at radius 3 is 2.00 bits per heavy atom. The van der Waals surface area contributed by atoms with Crippen molar-refractivity contribution in [1.29, 1.82) is 0 Å². The standard InChI is InChI=1S/C40H38N6O14/c1-60-24-4-2-3-21-32(24)38(57)34-33(35(21)54)36(55)22-13-40(59,14-23(47)31(22)37(34)56)39(58)44-15-19-5-7-20(8-6-19)45-28(51)18-43-27(50)17-42-26(49)16-41-25(48)11-12-46-29(52)9-10-30(46)53/h2-10,23,47,55-56,59H,11-18H2,1H3,(H,41,48)(H,42,49)(H,43,50)(H,44,58)(H,45,51)/t23-,40-/m0/s1. The van der Waals surface area contributed by atoms with E-state index in [9.17, 15) is 63.6 Å². The molecule has 2 aliphatic carbocycles. The summed E-state index contributed by atoms with van der Waals surface area (Å²) in [6.07, 6.45) is -1.03. The van der Waals surface area contributed by atoms with Crippen LogP contribution in [0.1, 0.15) is 67.5 Å². The molecular weight excluding hydrogens is 788 g/mol. The zero-order valence-electron chi connectivity index (χ0n) is 31.7. The number of carbonyl (C=O) groups is 9. The number of aliphatic hydroxyl groups is 2. The van der Waals surface area contributed by atoms with Gasteiger partial charge in [0, 0.05) is 66.9 Å². The second-order valence-corrected chi connectivity index (χ2v) is 14.0. The van der Waals surface area contributed by atoms with Crippen molar-refractivity contribution < 1.29 is 68.3 Å². The number of ketones is 2. The maximum Gasteiger partial charge on any atom is 0.253 e. The largest absolute Gasteiger partial charge is 0.507 e. The average Bonchev–Trinajstić information content (AvgIpc) is 3.55. The van der Waals surface area contributed by atoms with E-state index in [1.54, 1.807) is 12.1 Å². The van der Waals surface area contributed by atoms with Crippen molar-refractivity contribution in [2.24, 2.45) is 0 Å². The number of methoxy groups -OCH3 is 1. The van der Waals surface area contributed by atoms with E-state index in [4.69, 9.17) is 4.74 Å². The van der Waals surface area contributed by atoms with Crippen molar-refractivity contribution in [3.63, 3.8) is 0 Å². The van der Waals surface area contributed by atoms with Gasteiger partial charge in [0.05, 0.1) is 49.5 Å². The topological polar surface area (TPSA) is 307 Å². The second-order valence-electron chi connectivity index (χ2n) is 14.0. The summed E-state index contributed by atoms with van der Waals surface area (Å²) in [5, 5.41) is 57.0. The Morgan fingerprint density at radius 2 is 1.37 bits per heavy atom. The number of nitrogens with zero attached hydrogens (tertiary/aromatic N) is 1. The summed E-state index contributed by atoms with van der Waals surface area (Å²) < 4.78 is 5.23. The third-order valence-corrected chi connectivity index (χ3v) is 10.0. The lowest BCUT2D eigenvalue weighted by Crippen LogP contribution is -2.51. The molecule has 60 heavy (non-hydrogen) atoms. The monoisotopic (exact) mass is 826 g/mol. The van der Waals surface area contributed by atoms with Gasteiger partial charge in [0.2, 0.25) is 29.4 Å². The van der Waals surface area contributed by atoms with Crippen molar-refractivity contribution in [3.05, 3.63) is 93.6 Å². The molecule has 0 unspecified atom stereocenters. The maximum atomic E-state index is 13.5. The molecule has 6 rings (SSSR count). The number of amides is 7. The lowest BCUT2D eigenvalue weighted by Gasteiger charge is -2.37. The molecule has 9 N–H and O–H groups in total. The molecule has 0 fully saturated rings. The number of anilines is 1. The number of phenols is 2. The fraction of sp³-hybridized carbons (Fsp3) is 0.275. The minimum absolute atomic E-state index is 0.0657. The highest BCUT2D eigenvalue weighted by Gasteiger charge is 2.48. The van der Waals surface area contributed by atoms with Crippen LogP contribution < -0.4 is 31.3 Å². The van der Waals surface area contributed by atoms with Crippen LogP contribution in [0.5, 0.6) is 17.2 Å². The number of rotatable bonds is 14.